The van der Waals surface area contributed by atoms with Gasteiger partial charge in [-0.25, -0.2) is 9.97 Å². The molecule has 0 saturated carbocycles. The Hall–Kier alpha value is -1.79. The molecule has 1 heterocycles. The maximum atomic E-state index is 11.4. The zero-order valence-electron chi connectivity index (χ0n) is 12.3. The summed E-state index contributed by atoms with van der Waals surface area (Å²) in [5.41, 5.74) is 1.75. The van der Waals surface area contributed by atoms with Crippen LogP contribution in [-0.2, 0) is 4.79 Å². The summed E-state index contributed by atoms with van der Waals surface area (Å²) in [5.74, 6) is 1.13. The van der Waals surface area contributed by atoms with Crippen molar-refractivity contribution >= 4 is 40.8 Å². The first-order valence-electron chi connectivity index (χ1n) is 6.64. The molecule has 5 nitrogen and oxygen atoms in total. The van der Waals surface area contributed by atoms with Crippen LogP contribution in [0.5, 0.6) is 5.75 Å². The second-order valence-corrected chi connectivity index (χ2v) is 5.60. The van der Waals surface area contributed by atoms with Crippen LogP contribution in [0.25, 0.3) is 0 Å². The van der Waals surface area contributed by atoms with Gasteiger partial charge in [0.25, 0.3) is 0 Å². The van der Waals surface area contributed by atoms with Crippen molar-refractivity contribution in [3.63, 3.8) is 0 Å². The maximum Gasteiger partial charge on any atom is 0.312 e. The zero-order chi connectivity index (χ0) is 15.9. The Morgan fingerprint density at radius 1 is 1.32 bits per heavy atom. The normalized spacial score (nSPS) is 10.3. The topological polar surface area (TPSA) is 64.1 Å². The highest BCUT2D eigenvalue weighted by Crippen LogP contribution is 2.21. The highest BCUT2D eigenvalue weighted by atomic mass is 35.5. The van der Waals surface area contributed by atoms with E-state index in [4.69, 9.17) is 16.3 Å². The maximum absolute atomic E-state index is 11.4. The van der Waals surface area contributed by atoms with Crippen LogP contribution in [-0.4, -0.2) is 28.1 Å². The lowest BCUT2D eigenvalue weighted by Crippen LogP contribution is -2.08. The van der Waals surface area contributed by atoms with Gasteiger partial charge in [-0.15, -0.1) is 11.6 Å². The van der Waals surface area contributed by atoms with Crippen LogP contribution in [0.3, 0.4) is 0 Å². The first-order chi connectivity index (χ1) is 10.6. The van der Waals surface area contributed by atoms with Crippen molar-refractivity contribution in [3.05, 3.63) is 36.0 Å². The van der Waals surface area contributed by atoms with E-state index in [1.807, 2.05) is 31.4 Å². The second-order valence-electron chi connectivity index (χ2n) is 4.44. The molecular weight excluding hydrogens is 322 g/mol. The van der Waals surface area contributed by atoms with Crippen molar-refractivity contribution in [2.45, 2.75) is 18.5 Å². The average Bonchev–Trinajstić information content (AvgIpc) is 2.49. The summed E-state index contributed by atoms with van der Waals surface area (Å²) in [4.78, 5) is 20.0. The zero-order valence-corrected chi connectivity index (χ0v) is 13.9. The standard InChI is InChI=1S/C15H16ClN3O2S/c1-10-9-13(19-15(17-10)22-2)18-11-3-5-12(6-4-11)21-14(20)7-8-16/h3-6,9H,7-8H2,1-2H3,(H,17,18,19). The molecule has 7 heteroatoms. The molecule has 2 rings (SSSR count). The summed E-state index contributed by atoms with van der Waals surface area (Å²) >= 11 is 6.98. The second kappa shape index (κ2) is 8.00. The van der Waals surface area contributed by atoms with Gasteiger partial charge in [0, 0.05) is 23.3 Å². The highest BCUT2D eigenvalue weighted by molar-refractivity contribution is 7.98. The number of benzene rings is 1. The van der Waals surface area contributed by atoms with Gasteiger partial charge in [-0.1, -0.05) is 11.8 Å². The van der Waals surface area contributed by atoms with Crippen LogP contribution in [0.2, 0.25) is 0 Å². The predicted octanol–water partition coefficient (Wildman–Crippen LogP) is 3.78. The number of carbonyl (C=O) groups excluding carboxylic acids is 1. The van der Waals surface area contributed by atoms with E-state index in [-0.39, 0.29) is 18.3 Å². The number of nitrogens with one attached hydrogen (secondary N) is 1. The lowest BCUT2D eigenvalue weighted by atomic mass is 10.3. The molecule has 0 spiro atoms. The number of halogens is 1. The summed E-state index contributed by atoms with van der Waals surface area (Å²) in [6.07, 6.45) is 2.13. The smallest absolute Gasteiger partial charge is 0.312 e. The third-order valence-electron chi connectivity index (χ3n) is 2.67. The van der Waals surface area contributed by atoms with E-state index in [0.717, 1.165) is 17.2 Å². The minimum atomic E-state index is -0.341. The Morgan fingerprint density at radius 2 is 2.05 bits per heavy atom. The van der Waals surface area contributed by atoms with Crippen LogP contribution in [0.1, 0.15) is 12.1 Å². The molecule has 2 aromatic rings. The third kappa shape index (κ3) is 4.89. The fraction of sp³-hybridized carbons (Fsp3) is 0.267. The minimum Gasteiger partial charge on any atom is -0.426 e. The van der Waals surface area contributed by atoms with Gasteiger partial charge in [0.2, 0.25) is 0 Å². The van der Waals surface area contributed by atoms with Crippen molar-refractivity contribution in [1.82, 2.24) is 9.97 Å². The number of aromatic nitrogens is 2. The Kier molecular flexibility index (Phi) is 6.03. The number of thioether (sulfide) groups is 1. The number of carbonyl (C=O) groups is 1. The fourth-order valence-corrected chi connectivity index (χ4v) is 2.29. The molecule has 0 saturated heterocycles. The molecule has 22 heavy (non-hydrogen) atoms. The van der Waals surface area contributed by atoms with Gasteiger partial charge in [0.05, 0.1) is 6.42 Å². The van der Waals surface area contributed by atoms with E-state index in [9.17, 15) is 4.79 Å². The van der Waals surface area contributed by atoms with Crippen LogP contribution < -0.4 is 10.1 Å². The molecule has 0 unspecified atom stereocenters. The average molecular weight is 338 g/mol. The third-order valence-corrected chi connectivity index (χ3v) is 3.41. The van der Waals surface area contributed by atoms with Crippen LogP contribution in [0.4, 0.5) is 11.5 Å². The monoisotopic (exact) mass is 337 g/mol. The lowest BCUT2D eigenvalue weighted by Gasteiger charge is -2.08. The lowest BCUT2D eigenvalue weighted by molar-refractivity contribution is -0.133. The molecule has 0 amide bonds. The number of alkyl halides is 1. The van der Waals surface area contributed by atoms with E-state index < -0.39 is 0 Å². The Balaban J connectivity index is 2.05. The number of hydrogen-bond acceptors (Lipinski definition) is 6. The van der Waals surface area contributed by atoms with E-state index in [0.29, 0.717) is 10.9 Å². The summed E-state index contributed by atoms with van der Waals surface area (Å²) in [6.45, 7) is 1.92. The number of aryl methyl sites for hydroxylation is 1. The molecule has 0 aliphatic carbocycles. The molecule has 0 radical (unpaired) electrons. The summed E-state index contributed by atoms with van der Waals surface area (Å²) in [6, 6.07) is 8.95. The van der Waals surface area contributed by atoms with Crippen LogP contribution in [0, 0.1) is 6.92 Å². The Labute approximate surface area is 138 Å². The summed E-state index contributed by atoms with van der Waals surface area (Å²) in [7, 11) is 0. The molecule has 0 atom stereocenters. The predicted molar refractivity (Wildman–Crippen MR) is 89.2 cm³/mol. The van der Waals surface area contributed by atoms with Crippen molar-refractivity contribution in [2.24, 2.45) is 0 Å². The number of nitrogens with zero attached hydrogens (tertiary/aromatic N) is 2. The number of ether oxygens (including phenoxy) is 1. The molecule has 0 aliphatic heterocycles. The minimum absolute atomic E-state index is 0.194. The van der Waals surface area contributed by atoms with Gasteiger partial charge in [-0.3, -0.25) is 4.79 Å². The van der Waals surface area contributed by atoms with Crippen molar-refractivity contribution in [2.75, 3.05) is 17.5 Å². The van der Waals surface area contributed by atoms with Crippen molar-refractivity contribution in [3.8, 4) is 5.75 Å². The quantitative estimate of drug-likeness (QED) is 0.284. The van der Waals surface area contributed by atoms with Crippen LogP contribution >= 0.6 is 23.4 Å². The van der Waals surface area contributed by atoms with E-state index >= 15 is 0 Å². The summed E-state index contributed by atoms with van der Waals surface area (Å²) < 4.78 is 5.14. The van der Waals surface area contributed by atoms with Gasteiger partial charge in [0.1, 0.15) is 11.6 Å². The number of esters is 1. The fourth-order valence-electron chi connectivity index (χ4n) is 1.71. The molecule has 0 fully saturated rings. The van der Waals surface area contributed by atoms with Gasteiger partial charge in [-0.05, 0) is 37.4 Å². The molecule has 0 bridgehead atoms. The van der Waals surface area contributed by atoms with Gasteiger partial charge < -0.3 is 10.1 Å². The van der Waals surface area contributed by atoms with Crippen molar-refractivity contribution < 1.29 is 9.53 Å². The number of anilines is 2. The van der Waals surface area contributed by atoms with Gasteiger partial charge in [0.15, 0.2) is 5.16 Å². The highest BCUT2D eigenvalue weighted by Gasteiger charge is 2.05. The van der Waals surface area contributed by atoms with E-state index in [2.05, 4.69) is 15.3 Å². The molecule has 1 N–H and O–H groups in total. The first kappa shape index (κ1) is 16.6. The van der Waals surface area contributed by atoms with Gasteiger partial charge in [-0.2, -0.15) is 0 Å². The van der Waals surface area contributed by atoms with E-state index in [1.165, 1.54) is 11.8 Å². The number of hydrogen-bond donors (Lipinski definition) is 1. The SMILES string of the molecule is CSc1nc(C)cc(Nc2ccc(OC(=O)CCCl)cc2)n1. The molecule has 116 valence electrons. The largest absolute Gasteiger partial charge is 0.426 e. The summed E-state index contributed by atoms with van der Waals surface area (Å²) in [5, 5.41) is 3.92. The first-order valence-corrected chi connectivity index (χ1v) is 8.40. The van der Waals surface area contributed by atoms with Crippen LogP contribution in [0.15, 0.2) is 35.5 Å². The van der Waals surface area contributed by atoms with Crippen molar-refractivity contribution in [1.29, 1.82) is 0 Å². The molecular formula is C15H16ClN3O2S. The van der Waals surface area contributed by atoms with E-state index in [1.54, 1.807) is 12.1 Å². The number of rotatable bonds is 6. The molecule has 1 aromatic carbocycles. The Morgan fingerprint density at radius 3 is 2.68 bits per heavy atom. The molecule has 0 aliphatic rings. The Bertz CT molecular complexity index is 650. The van der Waals surface area contributed by atoms with Gasteiger partial charge >= 0.3 is 5.97 Å². The molecule has 1 aromatic heterocycles.